The van der Waals surface area contributed by atoms with Crippen molar-refractivity contribution in [2.24, 2.45) is 0 Å². The largest absolute Gasteiger partial charge is 1.00 e. The van der Waals surface area contributed by atoms with Crippen LogP contribution in [0, 0.1) is 0 Å². The molecule has 168 valence electrons. The van der Waals surface area contributed by atoms with Crippen molar-refractivity contribution in [2.75, 3.05) is 18.1 Å². The molecular formula is C16H24N5Na2O6PS2. The fourth-order valence-electron chi connectivity index (χ4n) is 3.12. The van der Waals surface area contributed by atoms with Gasteiger partial charge in [-0.05, 0) is 6.42 Å². The summed E-state index contributed by atoms with van der Waals surface area (Å²) in [4.78, 5) is 35.0. The molecule has 4 atom stereocenters. The molecule has 16 heteroatoms. The number of nitrogens with zero attached hydrogens (tertiary/aromatic N) is 4. The van der Waals surface area contributed by atoms with Crippen molar-refractivity contribution < 1.29 is 88.4 Å². The van der Waals surface area contributed by atoms with Gasteiger partial charge >= 0.3 is 59.1 Å². The van der Waals surface area contributed by atoms with Gasteiger partial charge in [0.15, 0.2) is 22.8 Å². The Morgan fingerprint density at radius 2 is 1.97 bits per heavy atom. The summed E-state index contributed by atoms with van der Waals surface area (Å²) in [6, 6.07) is 0. The minimum atomic E-state index is -4.41. The molecule has 0 spiro atoms. The number of rotatable bonds is 10. The van der Waals surface area contributed by atoms with Crippen LogP contribution < -0.4 is 74.6 Å². The molecule has 1 saturated heterocycles. The number of fused-ring (bicyclic) bond motifs is 1. The summed E-state index contributed by atoms with van der Waals surface area (Å²) in [5, 5.41) is 21.1. The van der Waals surface area contributed by atoms with Crippen LogP contribution in [0.3, 0.4) is 0 Å². The number of thioether (sulfide) groups is 1. The Kier molecular flexibility index (Phi) is 13.6. The van der Waals surface area contributed by atoms with Gasteiger partial charge in [0, 0.05) is 5.75 Å². The molecule has 1 aliphatic heterocycles. The zero-order chi connectivity index (χ0) is 21.9. The minimum absolute atomic E-state index is 0. The van der Waals surface area contributed by atoms with Crippen LogP contribution in [-0.2, 0) is 21.1 Å². The number of imidazole rings is 1. The molecule has 1 fully saturated rings. The van der Waals surface area contributed by atoms with Crippen LogP contribution in [0.5, 0.6) is 0 Å². The summed E-state index contributed by atoms with van der Waals surface area (Å²) in [6.07, 6.45) is 0.945. The van der Waals surface area contributed by atoms with Crippen molar-refractivity contribution in [3.63, 3.8) is 0 Å². The van der Waals surface area contributed by atoms with E-state index in [2.05, 4.69) is 38.2 Å². The van der Waals surface area contributed by atoms with E-state index in [0.29, 0.717) is 16.3 Å². The Bertz CT molecular complexity index is 922. The second-order valence-corrected chi connectivity index (χ2v) is 10.5. The standard InChI is InChI=1S/C16H26N5O6PS2.2Na/c1-2-3-4-5-6-30-16-19-13(17)10-14(20-16)21(8-18-10)15-12(23)11(22)9(27-15)7-26-28(24,25)29;;/h8-9,11-12,15,22-23H,2-7H2,1H3,(H2,17,19,20)(H2,24,25,29);;/q;2*+1/p-2. The van der Waals surface area contributed by atoms with E-state index < -0.39 is 37.9 Å². The number of aliphatic hydroxyl groups is 2. The van der Waals surface area contributed by atoms with E-state index in [1.807, 2.05) is 0 Å². The third kappa shape index (κ3) is 8.07. The number of unbranched alkanes of at least 4 members (excludes halogenated alkanes) is 3. The van der Waals surface area contributed by atoms with E-state index in [1.165, 1.54) is 29.1 Å². The number of nitrogens with two attached hydrogens (primary N) is 1. The second-order valence-electron chi connectivity index (χ2n) is 6.91. The van der Waals surface area contributed by atoms with Crippen molar-refractivity contribution in [1.82, 2.24) is 19.5 Å². The smallest absolute Gasteiger partial charge is 0.812 e. The quantitative estimate of drug-likeness (QED) is 0.0885. The van der Waals surface area contributed by atoms with Crippen LogP contribution in [0.4, 0.5) is 5.82 Å². The monoisotopic (exact) mass is 523 g/mol. The van der Waals surface area contributed by atoms with E-state index in [4.69, 9.17) is 10.5 Å². The molecule has 4 N–H and O–H groups in total. The third-order valence-corrected chi connectivity index (χ3v) is 6.38. The molecule has 0 aliphatic carbocycles. The van der Waals surface area contributed by atoms with E-state index >= 15 is 0 Å². The van der Waals surface area contributed by atoms with Crippen LogP contribution in [-0.4, -0.2) is 60.4 Å². The molecule has 3 heterocycles. The van der Waals surface area contributed by atoms with Gasteiger partial charge in [0.1, 0.15) is 23.8 Å². The summed E-state index contributed by atoms with van der Waals surface area (Å²) < 4.78 is 11.6. The van der Waals surface area contributed by atoms with Crippen molar-refractivity contribution in [2.45, 2.75) is 62.3 Å². The van der Waals surface area contributed by atoms with Gasteiger partial charge < -0.3 is 35.0 Å². The number of anilines is 1. The zero-order valence-electron chi connectivity index (χ0n) is 18.3. The zero-order valence-corrected chi connectivity index (χ0v) is 24.8. The molecule has 4 unspecified atom stereocenters. The molecule has 2 aromatic heterocycles. The van der Waals surface area contributed by atoms with E-state index in [0.717, 1.165) is 25.0 Å². The third-order valence-electron chi connectivity index (χ3n) is 4.67. The summed E-state index contributed by atoms with van der Waals surface area (Å²) in [6.45, 7) is -2.78. The maximum Gasteiger partial charge on any atom is 1.00 e. The van der Waals surface area contributed by atoms with Gasteiger partial charge in [0.25, 0.3) is 0 Å². The predicted molar refractivity (Wildman–Crippen MR) is 111 cm³/mol. The molecule has 0 radical (unpaired) electrons. The minimum Gasteiger partial charge on any atom is -0.812 e. The average molecular weight is 523 g/mol. The van der Waals surface area contributed by atoms with E-state index in [1.54, 1.807) is 0 Å². The molecule has 11 nitrogen and oxygen atoms in total. The van der Waals surface area contributed by atoms with Crippen LogP contribution >= 0.6 is 18.5 Å². The molecule has 0 amide bonds. The predicted octanol–water partition coefficient (Wildman–Crippen LogP) is -6.33. The number of aromatic nitrogens is 4. The number of hydrogen-bond acceptors (Lipinski definition) is 12. The van der Waals surface area contributed by atoms with Gasteiger partial charge in [-0.25, -0.2) is 15.0 Å². The number of hydrogen-bond donors (Lipinski definition) is 3. The maximum atomic E-state index is 11.1. The van der Waals surface area contributed by atoms with Crippen molar-refractivity contribution >= 4 is 47.3 Å². The number of ether oxygens (including phenoxy) is 1. The van der Waals surface area contributed by atoms with Gasteiger partial charge in [-0.2, -0.15) is 0 Å². The topological polar surface area (TPSA) is 175 Å². The normalized spacial score (nSPS) is 23.2. The van der Waals surface area contributed by atoms with Gasteiger partial charge in [0.05, 0.1) is 12.9 Å². The molecule has 0 bridgehead atoms. The van der Waals surface area contributed by atoms with Crippen LogP contribution in [0.15, 0.2) is 11.5 Å². The first kappa shape index (κ1) is 31.1. The molecule has 3 rings (SSSR count). The van der Waals surface area contributed by atoms with E-state index in [-0.39, 0.29) is 64.9 Å². The SMILES string of the molecule is CCCCCCSc1nc(N)c2ncn(C3OC(COP([O-])([O-])=S)C(O)C3O)c2n1.[Na+].[Na+]. The molecule has 0 saturated carbocycles. The first-order chi connectivity index (χ1) is 14.2. The Balaban J connectivity index is 0.00000256. The van der Waals surface area contributed by atoms with Crippen molar-refractivity contribution in [3.8, 4) is 0 Å². The molecule has 1 aliphatic rings. The van der Waals surface area contributed by atoms with Gasteiger partial charge in [-0.15, -0.1) is 11.8 Å². The average Bonchev–Trinajstić information content (AvgIpc) is 3.21. The van der Waals surface area contributed by atoms with Crippen LogP contribution in [0.25, 0.3) is 11.2 Å². The van der Waals surface area contributed by atoms with Gasteiger partial charge in [-0.3, -0.25) is 4.57 Å². The Labute approximate surface area is 239 Å². The van der Waals surface area contributed by atoms with Crippen LogP contribution in [0.2, 0.25) is 0 Å². The molecular weight excluding hydrogens is 499 g/mol. The van der Waals surface area contributed by atoms with Gasteiger partial charge in [0.2, 0.25) is 0 Å². The summed E-state index contributed by atoms with van der Waals surface area (Å²) >= 11 is 5.65. The number of aliphatic hydroxyl groups excluding tert-OH is 2. The van der Waals surface area contributed by atoms with Crippen molar-refractivity contribution in [1.29, 1.82) is 0 Å². The Hall–Kier alpha value is 1.11. The summed E-state index contributed by atoms with van der Waals surface area (Å²) in [5.74, 6) is 1.04. The molecule has 2 aromatic rings. The van der Waals surface area contributed by atoms with Gasteiger partial charge in [-0.1, -0.05) is 44.7 Å². The molecule has 32 heavy (non-hydrogen) atoms. The van der Waals surface area contributed by atoms with Crippen LogP contribution in [0.1, 0.15) is 38.8 Å². The first-order valence-corrected chi connectivity index (χ1v) is 13.1. The summed E-state index contributed by atoms with van der Waals surface area (Å²) in [5.41, 5.74) is 6.70. The Morgan fingerprint density at radius 3 is 2.62 bits per heavy atom. The van der Waals surface area contributed by atoms with Crippen molar-refractivity contribution in [3.05, 3.63) is 6.33 Å². The van der Waals surface area contributed by atoms with E-state index in [9.17, 15) is 20.0 Å². The maximum absolute atomic E-state index is 11.1. The first-order valence-electron chi connectivity index (χ1n) is 9.52. The second kappa shape index (κ2) is 14.0. The number of nitrogen functional groups attached to an aromatic ring is 1. The summed E-state index contributed by atoms with van der Waals surface area (Å²) in [7, 11) is 0. The fourth-order valence-corrected chi connectivity index (χ4v) is 4.48. The fraction of sp³-hybridized carbons (Fsp3) is 0.688. The molecule has 0 aromatic carbocycles. The Morgan fingerprint density at radius 1 is 1.25 bits per heavy atom.